The largest absolute Gasteiger partial charge is 0.468 e. The number of nitrogens with zero attached hydrogens (tertiary/aromatic N) is 2. The van der Waals surface area contributed by atoms with Gasteiger partial charge in [-0.05, 0) is 37.3 Å². The fraction of sp³-hybridized carbons (Fsp3) is 0.235. The number of thiazole rings is 1. The number of esters is 2. The summed E-state index contributed by atoms with van der Waals surface area (Å²) in [6.07, 6.45) is 0. The number of aromatic nitrogens is 1. The molecule has 0 unspecified atom stereocenters. The molecule has 1 aromatic carbocycles. The topological polar surface area (TPSA) is 104 Å². The Bertz CT molecular complexity index is 1260. The molecule has 0 spiro atoms. The summed E-state index contributed by atoms with van der Waals surface area (Å²) in [5.74, 6) is -1.07. The molecular formula is C17H15ClN2O6S3. The number of thiophene rings is 1. The minimum Gasteiger partial charge on any atom is -0.468 e. The normalized spacial score (nSPS) is 12.3. The highest BCUT2D eigenvalue weighted by Crippen LogP contribution is 2.27. The summed E-state index contributed by atoms with van der Waals surface area (Å²) in [6.45, 7) is 1.69. The van der Waals surface area contributed by atoms with Gasteiger partial charge in [-0.15, -0.1) is 15.7 Å². The number of halogens is 1. The maximum Gasteiger partial charge on any atom is 0.338 e. The zero-order valence-corrected chi connectivity index (χ0v) is 18.5. The Morgan fingerprint density at radius 3 is 2.59 bits per heavy atom. The van der Waals surface area contributed by atoms with Gasteiger partial charge in [0.05, 0.1) is 33.8 Å². The molecule has 0 bridgehead atoms. The van der Waals surface area contributed by atoms with Crippen LogP contribution in [0.1, 0.15) is 17.3 Å². The number of methoxy groups -OCH3 is 1. The van der Waals surface area contributed by atoms with E-state index in [-0.39, 0.29) is 22.2 Å². The van der Waals surface area contributed by atoms with Crippen molar-refractivity contribution >= 4 is 66.5 Å². The molecule has 0 radical (unpaired) electrons. The van der Waals surface area contributed by atoms with Gasteiger partial charge in [-0.2, -0.15) is 8.42 Å². The van der Waals surface area contributed by atoms with E-state index in [0.717, 1.165) is 22.7 Å². The van der Waals surface area contributed by atoms with Crippen molar-refractivity contribution in [3.63, 3.8) is 0 Å². The summed E-state index contributed by atoms with van der Waals surface area (Å²) in [6, 6.07) is 7.54. The third kappa shape index (κ3) is 4.69. The van der Waals surface area contributed by atoms with Crippen molar-refractivity contribution in [2.24, 2.45) is 4.40 Å². The fourth-order valence-corrected chi connectivity index (χ4v) is 6.15. The summed E-state index contributed by atoms with van der Waals surface area (Å²) in [7, 11) is -2.80. The summed E-state index contributed by atoms with van der Waals surface area (Å²) in [5.41, 5.74) is 0.844. The van der Waals surface area contributed by atoms with E-state index < -0.39 is 22.0 Å². The van der Waals surface area contributed by atoms with E-state index in [0.29, 0.717) is 20.1 Å². The average Bonchev–Trinajstić information content (AvgIpc) is 3.25. The first-order valence-electron chi connectivity index (χ1n) is 8.19. The van der Waals surface area contributed by atoms with Crippen LogP contribution in [-0.2, 0) is 30.8 Å². The van der Waals surface area contributed by atoms with Crippen molar-refractivity contribution in [3.8, 4) is 0 Å². The molecule has 2 aromatic heterocycles. The summed E-state index contributed by atoms with van der Waals surface area (Å²) >= 11 is 7.74. The number of hydrogen-bond acceptors (Lipinski definition) is 8. The summed E-state index contributed by atoms with van der Waals surface area (Å²) in [5, 5.41) is 0. The van der Waals surface area contributed by atoms with Gasteiger partial charge in [0.1, 0.15) is 10.8 Å². The molecule has 12 heteroatoms. The van der Waals surface area contributed by atoms with Crippen molar-refractivity contribution in [3.05, 3.63) is 45.0 Å². The Hall–Kier alpha value is -2.21. The maximum atomic E-state index is 12.6. The number of carbonyl (C=O) groups is 2. The van der Waals surface area contributed by atoms with Gasteiger partial charge >= 0.3 is 11.9 Å². The van der Waals surface area contributed by atoms with Gasteiger partial charge in [0.15, 0.2) is 0 Å². The summed E-state index contributed by atoms with van der Waals surface area (Å²) < 4.78 is 41.2. The molecule has 0 fully saturated rings. The van der Waals surface area contributed by atoms with Crippen LogP contribution in [0.25, 0.3) is 10.2 Å². The molecule has 154 valence electrons. The highest BCUT2D eigenvalue weighted by molar-refractivity contribution is 7.92. The molecular weight excluding hydrogens is 460 g/mol. The smallest absolute Gasteiger partial charge is 0.338 e. The second-order valence-corrected chi connectivity index (χ2v) is 10.1. The first-order chi connectivity index (χ1) is 13.7. The van der Waals surface area contributed by atoms with Crippen LogP contribution >= 0.6 is 34.3 Å². The molecule has 3 rings (SSSR count). The lowest BCUT2D eigenvalue weighted by Crippen LogP contribution is -2.22. The minimum atomic E-state index is -4.04. The SMILES string of the molecule is CCOC(=O)c1ccc2c(c1)sc(=NS(=O)(=O)c1ccc(Cl)s1)n2CC(=O)OC. The number of carbonyl (C=O) groups excluding carboxylic acids is 2. The molecule has 0 saturated heterocycles. The number of ether oxygens (including phenoxy) is 2. The molecule has 0 aliphatic heterocycles. The Labute approximate surface area is 179 Å². The molecule has 8 nitrogen and oxygen atoms in total. The van der Waals surface area contributed by atoms with Crippen LogP contribution in [0, 0.1) is 0 Å². The average molecular weight is 475 g/mol. The van der Waals surface area contributed by atoms with Gasteiger partial charge in [0.25, 0.3) is 10.0 Å². The highest BCUT2D eigenvalue weighted by Gasteiger charge is 2.19. The number of benzene rings is 1. The first kappa shape index (κ1) is 21.5. The first-order valence-corrected chi connectivity index (χ1v) is 11.6. The van der Waals surface area contributed by atoms with E-state index in [9.17, 15) is 18.0 Å². The van der Waals surface area contributed by atoms with Gasteiger partial charge in [-0.25, -0.2) is 4.79 Å². The summed E-state index contributed by atoms with van der Waals surface area (Å²) in [4.78, 5) is 23.9. The van der Waals surface area contributed by atoms with Crippen LogP contribution in [0.5, 0.6) is 0 Å². The minimum absolute atomic E-state index is 0.0169. The number of hydrogen-bond donors (Lipinski definition) is 0. The van der Waals surface area contributed by atoms with E-state index in [1.807, 2.05) is 0 Å². The van der Waals surface area contributed by atoms with Crippen LogP contribution < -0.4 is 4.80 Å². The zero-order valence-electron chi connectivity index (χ0n) is 15.2. The van der Waals surface area contributed by atoms with Crippen molar-refractivity contribution in [2.75, 3.05) is 13.7 Å². The Kier molecular flexibility index (Phi) is 6.42. The van der Waals surface area contributed by atoms with Crippen molar-refractivity contribution in [1.82, 2.24) is 4.57 Å². The molecule has 0 aliphatic carbocycles. The molecule has 0 N–H and O–H groups in total. The van der Waals surface area contributed by atoms with E-state index in [1.54, 1.807) is 19.1 Å². The van der Waals surface area contributed by atoms with Crippen LogP contribution in [0.4, 0.5) is 0 Å². The van der Waals surface area contributed by atoms with Crippen LogP contribution in [-0.4, -0.2) is 38.6 Å². The lowest BCUT2D eigenvalue weighted by Gasteiger charge is -2.05. The van der Waals surface area contributed by atoms with E-state index >= 15 is 0 Å². The third-order valence-electron chi connectivity index (χ3n) is 3.71. The van der Waals surface area contributed by atoms with Gasteiger partial charge in [0.2, 0.25) is 4.80 Å². The quantitative estimate of drug-likeness (QED) is 0.508. The molecule has 0 amide bonds. The molecule has 0 atom stereocenters. The Balaban J connectivity index is 2.19. The maximum absolute atomic E-state index is 12.6. The molecule has 29 heavy (non-hydrogen) atoms. The van der Waals surface area contributed by atoms with Crippen LogP contribution in [0.2, 0.25) is 4.34 Å². The monoisotopic (exact) mass is 474 g/mol. The number of sulfonamides is 1. The van der Waals surface area contributed by atoms with Crippen LogP contribution in [0.15, 0.2) is 38.9 Å². The zero-order chi connectivity index (χ0) is 21.2. The number of fused-ring (bicyclic) bond motifs is 1. The molecule has 2 heterocycles. The number of rotatable bonds is 6. The predicted molar refractivity (Wildman–Crippen MR) is 110 cm³/mol. The van der Waals surface area contributed by atoms with Crippen molar-refractivity contribution in [1.29, 1.82) is 0 Å². The Morgan fingerprint density at radius 1 is 1.21 bits per heavy atom. The van der Waals surface area contributed by atoms with E-state index in [2.05, 4.69) is 4.40 Å². The molecule has 0 aliphatic rings. The lowest BCUT2D eigenvalue weighted by molar-refractivity contribution is -0.141. The van der Waals surface area contributed by atoms with E-state index in [4.69, 9.17) is 21.1 Å². The third-order valence-corrected chi connectivity index (χ3v) is 7.83. The second kappa shape index (κ2) is 8.66. The molecule has 3 aromatic rings. The predicted octanol–water partition coefficient (Wildman–Crippen LogP) is 3.06. The molecule has 0 saturated carbocycles. The van der Waals surface area contributed by atoms with Crippen molar-refractivity contribution in [2.45, 2.75) is 17.7 Å². The van der Waals surface area contributed by atoms with Crippen molar-refractivity contribution < 1.29 is 27.5 Å². The van der Waals surface area contributed by atoms with Gasteiger partial charge < -0.3 is 14.0 Å². The van der Waals surface area contributed by atoms with Crippen LogP contribution in [0.3, 0.4) is 0 Å². The highest BCUT2D eigenvalue weighted by atomic mass is 35.5. The second-order valence-electron chi connectivity index (χ2n) is 5.57. The Morgan fingerprint density at radius 2 is 1.97 bits per heavy atom. The standard InChI is InChI=1S/C17H15ClN2O6S3/c1-3-26-16(22)10-4-5-11-12(8-10)27-17(20(11)9-14(21)25-2)19-29(23,24)15-7-6-13(18)28-15/h4-8H,3,9H2,1-2H3. The van der Waals surface area contributed by atoms with Gasteiger partial charge in [0, 0.05) is 0 Å². The van der Waals surface area contributed by atoms with Gasteiger partial charge in [-0.3, -0.25) is 4.79 Å². The lowest BCUT2D eigenvalue weighted by atomic mass is 10.2. The fourth-order valence-electron chi connectivity index (χ4n) is 2.42. The van der Waals surface area contributed by atoms with E-state index in [1.165, 1.54) is 29.9 Å². The van der Waals surface area contributed by atoms with Gasteiger partial charge in [-0.1, -0.05) is 22.9 Å².